The van der Waals surface area contributed by atoms with Crippen LogP contribution in [0.2, 0.25) is 0 Å². The molecule has 1 aliphatic heterocycles. The Hall–Kier alpha value is -2.75. The van der Waals surface area contributed by atoms with E-state index in [0.29, 0.717) is 17.2 Å². The minimum Gasteiger partial charge on any atom is -0.496 e. The summed E-state index contributed by atoms with van der Waals surface area (Å²) in [6.07, 6.45) is 2.11. The SMILES string of the molecule is COc1ccccc1C(=O)N1CCCC(c2cc3ccccc3[nH]2)C1. The number of ether oxygens (including phenoxy) is 1. The highest BCUT2D eigenvalue weighted by atomic mass is 16.5. The third kappa shape index (κ3) is 3.00. The van der Waals surface area contributed by atoms with E-state index in [1.54, 1.807) is 7.11 Å². The Morgan fingerprint density at radius 2 is 1.96 bits per heavy atom. The number of hydrogen-bond acceptors (Lipinski definition) is 2. The van der Waals surface area contributed by atoms with Crippen molar-refractivity contribution in [3.63, 3.8) is 0 Å². The van der Waals surface area contributed by atoms with Crippen LogP contribution in [0.1, 0.15) is 34.8 Å². The van der Waals surface area contributed by atoms with Gasteiger partial charge in [0.2, 0.25) is 0 Å². The van der Waals surface area contributed by atoms with Crippen LogP contribution in [0, 0.1) is 0 Å². The summed E-state index contributed by atoms with van der Waals surface area (Å²) in [6, 6.07) is 18.0. The van der Waals surface area contributed by atoms with Crippen LogP contribution in [0.15, 0.2) is 54.6 Å². The zero-order valence-electron chi connectivity index (χ0n) is 14.4. The van der Waals surface area contributed by atoms with Gasteiger partial charge in [-0.25, -0.2) is 0 Å². The zero-order chi connectivity index (χ0) is 17.2. The number of benzene rings is 2. The first kappa shape index (κ1) is 15.8. The Morgan fingerprint density at radius 3 is 2.80 bits per heavy atom. The van der Waals surface area contributed by atoms with Crippen molar-refractivity contribution in [1.29, 1.82) is 0 Å². The maximum absolute atomic E-state index is 13.0. The number of carbonyl (C=O) groups is 1. The van der Waals surface area contributed by atoms with Crippen LogP contribution in [0.25, 0.3) is 10.9 Å². The molecule has 4 heteroatoms. The molecule has 0 aliphatic carbocycles. The Bertz CT molecular complexity index is 867. The molecule has 1 amide bonds. The maximum atomic E-state index is 13.0. The number of methoxy groups -OCH3 is 1. The summed E-state index contributed by atoms with van der Waals surface area (Å²) in [5, 5.41) is 1.23. The number of para-hydroxylation sites is 2. The molecule has 25 heavy (non-hydrogen) atoms. The fraction of sp³-hybridized carbons (Fsp3) is 0.286. The molecule has 1 aliphatic rings. The second-order valence-corrected chi connectivity index (χ2v) is 6.60. The molecule has 4 rings (SSSR count). The second kappa shape index (κ2) is 6.63. The average molecular weight is 334 g/mol. The van der Waals surface area contributed by atoms with Gasteiger partial charge in [0.15, 0.2) is 0 Å². The molecule has 1 saturated heterocycles. The number of hydrogen-bond donors (Lipinski definition) is 1. The van der Waals surface area contributed by atoms with Gasteiger partial charge in [0, 0.05) is 30.2 Å². The lowest BCUT2D eigenvalue weighted by Gasteiger charge is -2.32. The van der Waals surface area contributed by atoms with Crippen LogP contribution in [-0.4, -0.2) is 36.0 Å². The highest BCUT2D eigenvalue weighted by Gasteiger charge is 2.27. The van der Waals surface area contributed by atoms with Gasteiger partial charge in [0.25, 0.3) is 5.91 Å². The summed E-state index contributed by atoms with van der Waals surface area (Å²) < 4.78 is 5.35. The van der Waals surface area contributed by atoms with Crippen LogP contribution in [-0.2, 0) is 0 Å². The van der Waals surface area contributed by atoms with E-state index in [0.717, 1.165) is 31.4 Å². The smallest absolute Gasteiger partial charge is 0.257 e. The second-order valence-electron chi connectivity index (χ2n) is 6.60. The number of H-pyrrole nitrogens is 1. The van der Waals surface area contributed by atoms with Gasteiger partial charge in [-0.05, 0) is 42.5 Å². The molecule has 1 atom stereocenters. The lowest BCUT2D eigenvalue weighted by Crippen LogP contribution is -2.39. The van der Waals surface area contributed by atoms with Crippen molar-refractivity contribution < 1.29 is 9.53 Å². The number of nitrogens with zero attached hydrogens (tertiary/aromatic N) is 1. The number of amides is 1. The Morgan fingerprint density at radius 1 is 1.16 bits per heavy atom. The Kier molecular flexibility index (Phi) is 4.18. The van der Waals surface area contributed by atoms with E-state index in [9.17, 15) is 4.79 Å². The van der Waals surface area contributed by atoms with Gasteiger partial charge in [-0.2, -0.15) is 0 Å². The normalized spacial score (nSPS) is 17.6. The molecule has 0 radical (unpaired) electrons. The lowest BCUT2D eigenvalue weighted by molar-refractivity contribution is 0.0703. The number of nitrogens with one attached hydrogen (secondary N) is 1. The lowest BCUT2D eigenvalue weighted by atomic mass is 9.94. The maximum Gasteiger partial charge on any atom is 0.257 e. The Labute approximate surface area is 147 Å². The summed E-state index contributed by atoms with van der Waals surface area (Å²) in [7, 11) is 1.61. The molecule has 3 aromatic rings. The molecule has 0 spiro atoms. The van der Waals surface area contributed by atoms with Crippen molar-refractivity contribution in [2.24, 2.45) is 0 Å². The molecular formula is C21H22N2O2. The number of carbonyl (C=O) groups excluding carboxylic acids is 1. The molecule has 0 saturated carbocycles. The van der Waals surface area contributed by atoms with Crippen LogP contribution >= 0.6 is 0 Å². The summed E-state index contributed by atoms with van der Waals surface area (Å²) >= 11 is 0. The van der Waals surface area contributed by atoms with Gasteiger partial charge in [0.1, 0.15) is 5.75 Å². The first-order chi connectivity index (χ1) is 12.3. The number of fused-ring (bicyclic) bond motifs is 1. The van der Waals surface area contributed by atoms with Gasteiger partial charge in [-0.15, -0.1) is 0 Å². The quantitative estimate of drug-likeness (QED) is 0.780. The summed E-state index contributed by atoms with van der Waals surface area (Å²) in [5.74, 6) is 1.04. The molecule has 128 valence electrons. The number of aromatic amines is 1. The van der Waals surface area contributed by atoms with Crippen LogP contribution in [0.3, 0.4) is 0 Å². The van der Waals surface area contributed by atoms with Gasteiger partial charge in [-0.3, -0.25) is 4.79 Å². The van der Waals surface area contributed by atoms with E-state index in [2.05, 4.69) is 29.2 Å². The van der Waals surface area contributed by atoms with E-state index >= 15 is 0 Å². The topological polar surface area (TPSA) is 45.3 Å². The van der Waals surface area contributed by atoms with Gasteiger partial charge in [-0.1, -0.05) is 30.3 Å². The average Bonchev–Trinajstić information content (AvgIpc) is 3.12. The van der Waals surface area contributed by atoms with Crippen LogP contribution in [0.5, 0.6) is 5.75 Å². The fourth-order valence-electron chi connectivity index (χ4n) is 3.72. The van der Waals surface area contributed by atoms with E-state index in [1.165, 1.54) is 11.1 Å². The number of aromatic nitrogens is 1. The van der Waals surface area contributed by atoms with Crippen LogP contribution in [0.4, 0.5) is 0 Å². The predicted octanol–water partition coefficient (Wildman–Crippen LogP) is 4.20. The van der Waals surface area contributed by atoms with Crippen molar-refractivity contribution in [2.45, 2.75) is 18.8 Å². The van der Waals surface area contributed by atoms with E-state index < -0.39 is 0 Å². The van der Waals surface area contributed by atoms with Crippen molar-refractivity contribution >= 4 is 16.8 Å². The van der Waals surface area contributed by atoms with Gasteiger partial charge >= 0.3 is 0 Å². The van der Waals surface area contributed by atoms with Crippen LogP contribution < -0.4 is 4.74 Å². The number of likely N-dealkylation sites (tertiary alicyclic amines) is 1. The fourth-order valence-corrected chi connectivity index (χ4v) is 3.72. The summed E-state index contributed by atoms with van der Waals surface area (Å²) in [4.78, 5) is 18.4. The minimum absolute atomic E-state index is 0.0539. The molecule has 2 aromatic carbocycles. The molecule has 4 nitrogen and oxygen atoms in total. The van der Waals surface area contributed by atoms with E-state index in [-0.39, 0.29) is 5.91 Å². The van der Waals surface area contributed by atoms with E-state index in [4.69, 9.17) is 4.74 Å². The first-order valence-corrected chi connectivity index (χ1v) is 8.76. The highest BCUT2D eigenvalue weighted by molar-refractivity contribution is 5.97. The number of rotatable bonds is 3. The molecule has 0 bridgehead atoms. The molecule has 2 heterocycles. The number of piperidine rings is 1. The molecule has 1 fully saturated rings. The standard InChI is InChI=1S/C21H22N2O2/c1-25-20-11-5-3-9-17(20)21(24)23-12-6-8-16(14-23)19-13-15-7-2-4-10-18(15)22-19/h2-5,7,9-11,13,16,22H,6,8,12,14H2,1H3. The molecule has 1 N–H and O–H groups in total. The first-order valence-electron chi connectivity index (χ1n) is 8.76. The highest BCUT2D eigenvalue weighted by Crippen LogP contribution is 2.30. The van der Waals surface area contributed by atoms with Crippen molar-refractivity contribution in [1.82, 2.24) is 9.88 Å². The molecule has 1 aromatic heterocycles. The monoisotopic (exact) mass is 334 g/mol. The van der Waals surface area contributed by atoms with Crippen molar-refractivity contribution in [3.8, 4) is 5.75 Å². The molecule has 1 unspecified atom stereocenters. The zero-order valence-corrected chi connectivity index (χ0v) is 14.4. The van der Waals surface area contributed by atoms with Gasteiger partial charge in [0.05, 0.1) is 12.7 Å². The van der Waals surface area contributed by atoms with Crippen molar-refractivity contribution in [3.05, 3.63) is 65.9 Å². The largest absolute Gasteiger partial charge is 0.496 e. The summed E-state index contributed by atoms with van der Waals surface area (Å²) in [6.45, 7) is 1.54. The van der Waals surface area contributed by atoms with E-state index in [1.807, 2.05) is 35.2 Å². The minimum atomic E-state index is 0.0539. The third-order valence-electron chi connectivity index (χ3n) is 5.04. The summed E-state index contributed by atoms with van der Waals surface area (Å²) in [5.41, 5.74) is 3.02. The molecular weight excluding hydrogens is 312 g/mol. The Balaban J connectivity index is 1.57. The third-order valence-corrected chi connectivity index (χ3v) is 5.04. The van der Waals surface area contributed by atoms with Crippen molar-refractivity contribution in [2.75, 3.05) is 20.2 Å². The van der Waals surface area contributed by atoms with Gasteiger partial charge < -0.3 is 14.6 Å². The predicted molar refractivity (Wildman–Crippen MR) is 99.2 cm³/mol.